The van der Waals surface area contributed by atoms with Crippen molar-refractivity contribution in [3.63, 3.8) is 0 Å². The molecule has 2 rings (SSSR count). The van der Waals surface area contributed by atoms with Crippen LogP contribution in [0.1, 0.15) is 0 Å². The highest BCUT2D eigenvalue weighted by atomic mass is 16.6. The van der Waals surface area contributed by atoms with Gasteiger partial charge < -0.3 is 19.7 Å². The van der Waals surface area contributed by atoms with Gasteiger partial charge in [0.2, 0.25) is 5.69 Å². The summed E-state index contributed by atoms with van der Waals surface area (Å²) in [5.74, 6) is -0.0464. The van der Waals surface area contributed by atoms with E-state index in [9.17, 15) is 4.79 Å². The van der Waals surface area contributed by atoms with Gasteiger partial charge in [-0.3, -0.25) is 0 Å². The first-order valence-electron chi connectivity index (χ1n) is 6.41. The summed E-state index contributed by atoms with van der Waals surface area (Å²) in [7, 11) is 1.30. The Morgan fingerprint density at radius 1 is 1.45 bits per heavy atom. The third-order valence-corrected chi connectivity index (χ3v) is 3.12. The van der Waals surface area contributed by atoms with E-state index >= 15 is 0 Å². The molecule has 1 N–H and O–H groups in total. The molecule has 0 saturated carbocycles. The minimum Gasteiger partial charge on any atom is -0.493 e. The molecule has 0 unspecified atom stereocenters. The lowest BCUT2D eigenvalue weighted by molar-refractivity contribution is -0.142. The Labute approximate surface area is 118 Å². The zero-order chi connectivity index (χ0) is 14.4. The summed E-state index contributed by atoms with van der Waals surface area (Å²) >= 11 is 0. The maximum atomic E-state index is 11.1. The van der Waals surface area contributed by atoms with Gasteiger partial charge in [-0.15, -0.1) is 0 Å². The number of methoxy groups -OCH3 is 1. The number of hydrogen-bond donors (Lipinski definition) is 1. The third kappa shape index (κ3) is 3.39. The van der Waals surface area contributed by atoms with Crippen molar-refractivity contribution in [1.82, 2.24) is 5.32 Å². The van der Waals surface area contributed by atoms with E-state index in [0.717, 1.165) is 31.9 Å². The van der Waals surface area contributed by atoms with Gasteiger partial charge in [0.05, 0.1) is 13.7 Å². The predicted molar refractivity (Wildman–Crippen MR) is 75.3 cm³/mol. The van der Waals surface area contributed by atoms with Crippen LogP contribution in [0.3, 0.4) is 0 Å². The monoisotopic (exact) mass is 275 g/mol. The lowest BCUT2D eigenvalue weighted by Gasteiger charge is -2.29. The highest BCUT2D eigenvalue weighted by Gasteiger charge is 2.14. The van der Waals surface area contributed by atoms with Crippen molar-refractivity contribution in [2.75, 3.05) is 44.8 Å². The Kier molecular flexibility index (Phi) is 4.80. The summed E-state index contributed by atoms with van der Waals surface area (Å²) in [6, 6.07) is 5.43. The van der Waals surface area contributed by atoms with Crippen LogP contribution in [-0.2, 0) is 9.53 Å². The lowest BCUT2D eigenvalue weighted by atomic mass is 10.2. The number of hydrogen-bond acceptors (Lipinski definition) is 5. The average Bonchev–Trinajstić information content (AvgIpc) is 2.53. The first kappa shape index (κ1) is 14.2. The van der Waals surface area contributed by atoms with Crippen molar-refractivity contribution in [3.8, 4) is 5.75 Å². The number of esters is 1. The smallest absolute Gasteiger partial charge is 0.343 e. The molecular weight excluding hydrogens is 258 g/mol. The number of nitrogens with one attached hydrogen (secondary N) is 1. The molecule has 1 aromatic rings. The molecule has 0 amide bonds. The van der Waals surface area contributed by atoms with Crippen molar-refractivity contribution < 1.29 is 14.3 Å². The van der Waals surface area contributed by atoms with E-state index in [2.05, 4.69) is 19.8 Å². The molecule has 106 valence electrons. The van der Waals surface area contributed by atoms with Gasteiger partial charge in [-0.25, -0.2) is 9.64 Å². The molecule has 6 nitrogen and oxygen atoms in total. The molecule has 1 fully saturated rings. The molecule has 1 aliphatic rings. The minimum absolute atomic E-state index is 0.190. The van der Waals surface area contributed by atoms with E-state index in [4.69, 9.17) is 11.3 Å². The Bertz CT molecular complexity index is 519. The van der Waals surface area contributed by atoms with Crippen LogP contribution in [0.25, 0.3) is 4.85 Å². The number of anilines is 1. The van der Waals surface area contributed by atoms with Crippen LogP contribution >= 0.6 is 0 Å². The molecular formula is C14H17N3O3. The summed E-state index contributed by atoms with van der Waals surface area (Å²) in [5, 5.41) is 3.29. The van der Waals surface area contributed by atoms with Gasteiger partial charge in [-0.05, 0) is 12.1 Å². The average molecular weight is 275 g/mol. The Morgan fingerprint density at radius 3 is 2.85 bits per heavy atom. The quantitative estimate of drug-likeness (QED) is 0.661. The minimum atomic E-state index is -0.464. The normalized spacial score (nSPS) is 14.5. The number of nitrogens with zero attached hydrogens (tertiary/aromatic N) is 2. The highest BCUT2D eigenvalue weighted by Crippen LogP contribution is 2.32. The fraction of sp³-hybridized carbons (Fsp3) is 0.429. The van der Waals surface area contributed by atoms with E-state index in [1.165, 1.54) is 7.11 Å². The van der Waals surface area contributed by atoms with Gasteiger partial charge in [-0.1, -0.05) is 6.07 Å². The summed E-state index contributed by atoms with van der Waals surface area (Å²) in [4.78, 5) is 16.7. The van der Waals surface area contributed by atoms with E-state index in [-0.39, 0.29) is 6.61 Å². The van der Waals surface area contributed by atoms with Gasteiger partial charge in [0, 0.05) is 31.9 Å². The number of ether oxygens (including phenoxy) is 2. The summed E-state index contributed by atoms with van der Waals surface area (Å²) in [5.41, 5.74) is 1.39. The Hall–Kier alpha value is -2.26. The van der Waals surface area contributed by atoms with Crippen molar-refractivity contribution >= 4 is 17.3 Å². The van der Waals surface area contributed by atoms with Crippen LogP contribution in [0.2, 0.25) is 0 Å². The molecule has 0 atom stereocenters. The molecule has 0 radical (unpaired) electrons. The summed E-state index contributed by atoms with van der Waals surface area (Å²) in [6.45, 7) is 10.6. The topological polar surface area (TPSA) is 55.2 Å². The van der Waals surface area contributed by atoms with Gasteiger partial charge in [0.1, 0.15) is 5.75 Å². The summed E-state index contributed by atoms with van der Waals surface area (Å²) < 4.78 is 9.91. The number of carbonyl (C=O) groups is 1. The van der Waals surface area contributed by atoms with Crippen molar-refractivity contribution in [1.29, 1.82) is 0 Å². The van der Waals surface area contributed by atoms with Crippen LogP contribution in [-0.4, -0.2) is 45.9 Å². The fourth-order valence-corrected chi connectivity index (χ4v) is 2.03. The maximum Gasteiger partial charge on any atom is 0.343 e. The Morgan fingerprint density at radius 2 is 2.20 bits per heavy atom. The molecule has 0 spiro atoms. The molecule has 0 aliphatic carbocycles. The van der Waals surface area contributed by atoms with Crippen molar-refractivity contribution in [2.24, 2.45) is 0 Å². The molecule has 1 saturated heterocycles. The highest BCUT2D eigenvalue weighted by molar-refractivity contribution is 5.72. The zero-order valence-electron chi connectivity index (χ0n) is 11.4. The first-order valence-corrected chi connectivity index (χ1v) is 6.41. The van der Waals surface area contributed by atoms with Crippen LogP contribution in [0.4, 0.5) is 11.4 Å². The molecule has 6 heteroatoms. The van der Waals surface area contributed by atoms with Crippen LogP contribution in [0.5, 0.6) is 5.75 Å². The number of rotatable bonds is 4. The van der Waals surface area contributed by atoms with Crippen molar-refractivity contribution in [2.45, 2.75) is 0 Å². The number of benzene rings is 1. The van der Waals surface area contributed by atoms with Gasteiger partial charge in [0.15, 0.2) is 6.61 Å². The summed E-state index contributed by atoms with van der Waals surface area (Å²) in [6.07, 6.45) is 0. The van der Waals surface area contributed by atoms with Crippen LogP contribution < -0.4 is 15.0 Å². The molecule has 1 aromatic carbocycles. The molecule has 1 heterocycles. The largest absolute Gasteiger partial charge is 0.493 e. The molecule has 20 heavy (non-hydrogen) atoms. The first-order chi connectivity index (χ1) is 9.74. The SMILES string of the molecule is [C-]#[N+]c1ccc(N2CCNCC2)cc1OCC(=O)OC. The molecule has 1 aliphatic heterocycles. The fourth-order valence-electron chi connectivity index (χ4n) is 2.03. The molecule has 0 bridgehead atoms. The van der Waals surface area contributed by atoms with E-state index in [1.807, 2.05) is 12.1 Å². The third-order valence-electron chi connectivity index (χ3n) is 3.12. The lowest BCUT2D eigenvalue weighted by Crippen LogP contribution is -2.43. The van der Waals surface area contributed by atoms with Gasteiger partial charge in [-0.2, -0.15) is 0 Å². The standard InChI is InChI=1S/C14H17N3O3/c1-15-12-4-3-11(17-7-5-16-6-8-17)9-13(12)20-10-14(18)19-2/h3-4,9,16H,5-8,10H2,2H3. The zero-order valence-corrected chi connectivity index (χ0v) is 11.4. The second kappa shape index (κ2) is 6.78. The number of carbonyl (C=O) groups excluding carboxylic acids is 1. The van der Waals surface area contributed by atoms with Crippen molar-refractivity contribution in [3.05, 3.63) is 29.6 Å². The molecule has 0 aromatic heterocycles. The Balaban J connectivity index is 2.15. The second-order valence-electron chi connectivity index (χ2n) is 4.37. The van der Waals surface area contributed by atoms with Crippen LogP contribution in [0.15, 0.2) is 18.2 Å². The second-order valence-corrected chi connectivity index (χ2v) is 4.37. The van der Waals surface area contributed by atoms with E-state index < -0.39 is 5.97 Å². The van der Waals surface area contributed by atoms with Gasteiger partial charge >= 0.3 is 5.97 Å². The van der Waals surface area contributed by atoms with E-state index in [1.54, 1.807) is 6.07 Å². The number of piperazine rings is 1. The maximum absolute atomic E-state index is 11.1. The predicted octanol–water partition coefficient (Wildman–Crippen LogP) is 1.20. The van der Waals surface area contributed by atoms with E-state index in [0.29, 0.717) is 11.4 Å². The van der Waals surface area contributed by atoms with Crippen LogP contribution in [0, 0.1) is 6.57 Å². The van der Waals surface area contributed by atoms with Gasteiger partial charge in [0.25, 0.3) is 0 Å².